The quantitative estimate of drug-likeness (QED) is 0.281. The fourth-order valence-corrected chi connectivity index (χ4v) is 7.35. The number of rotatable bonds is 7. The summed E-state index contributed by atoms with van der Waals surface area (Å²) in [5, 5.41) is 3.35. The first-order chi connectivity index (χ1) is 21.8. The van der Waals surface area contributed by atoms with Gasteiger partial charge >= 0.3 is 0 Å². The molecule has 7 heteroatoms. The van der Waals surface area contributed by atoms with E-state index in [9.17, 15) is 14.4 Å². The number of hydrogen-bond donors (Lipinski definition) is 1. The molecule has 3 aromatic rings. The highest BCUT2D eigenvalue weighted by atomic mass is 35.5. The first-order valence-corrected chi connectivity index (χ1v) is 16.3. The van der Waals surface area contributed by atoms with Crippen molar-refractivity contribution in [2.24, 2.45) is 10.8 Å². The van der Waals surface area contributed by atoms with Gasteiger partial charge in [-0.3, -0.25) is 14.4 Å². The molecule has 2 aliphatic carbocycles. The minimum atomic E-state index is -0.641. The van der Waals surface area contributed by atoms with Crippen molar-refractivity contribution in [1.29, 1.82) is 0 Å². The maximum Gasteiger partial charge on any atom is 0.262 e. The van der Waals surface area contributed by atoms with Gasteiger partial charge in [-0.05, 0) is 66.5 Å². The molecule has 0 unspecified atom stereocenters. The summed E-state index contributed by atoms with van der Waals surface area (Å²) in [5.41, 5.74) is 6.22. The van der Waals surface area contributed by atoms with Gasteiger partial charge in [-0.1, -0.05) is 87.3 Å². The molecular formula is C39H41ClN2O4. The second-order valence-corrected chi connectivity index (χ2v) is 14.9. The normalized spacial score (nSPS) is 19.1. The monoisotopic (exact) mass is 636 g/mol. The van der Waals surface area contributed by atoms with Gasteiger partial charge in [-0.15, -0.1) is 0 Å². The zero-order valence-corrected chi connectivity index (χ0v) is 28.0. The van der Waals surface area contributed by atoms with Gasteiger partial charge in [-0.25, -0.2) is 0 Å². The average Bonchev–Trinajstić information content (AvgIpc) is 2.98. The number of carbonyl (C=O) groups is 3. The van der Waals surface area contributed by atoms with E-state index in [0.29, 0.717) is 65.4 Å². The Morgan fingerprint density at radius 3 is 2.02 bits per heavy atom. The molecule has 0 fully saturated rings. The van der Waals surface area contributed by atoms with Crippen LogP contribution in [0.5, 0.6) is 5.75 Å². The van der Waals surface area contributed by atoms with Crippen molar-refractivity contribution in [3.63, 3.8) is 0 Å². The maximum atomic E-state index is 14.3. The Balaban J connectivity index is 1.46. The van der Waals surface area contributed by atoms with E-state index in [0.717, 1.165) is 22.5 Å². The summed E-state index contributed by atoms with van der Waals surface area (Å²) in [5.74, 6) is -0.465. The smallest absolute Gasteiger partial charge is 0.262 e. The highest BCUT2D eigenvalue weighted by molar-refractivity contribution is 6.30. The number of carbonyl (C=O) groups excluding carboxylic acids is 3. The second kappa shape index (κ2) is 12.2. The standard InChI is InChI=1S/C39H41ClN2O4/c1-24-11-14-27(15-12-24)41-34(45)23-46-33-16-13-26(40)17-28(33)35-36-29(18-38(2,3)20-31(36)43)42(22-25-9-7-6-8-10-25)30-19-39(4,5)21-32(44)37(30)35/h6-17,35H,18-23H2,1-5H3,(H,41,45). The Bertz CT molecular complexity index is 1720. The number of allylic oxidation sites excluding steroid dienone is 4. The van der Waals surface area contributed by atoms with Gasteiger partial charge in [0.25, 0.3) is 5.91 Å². The number of benzene rings is 3. The molecular weight excluding hydrogens is 596 g/mol. The Labute approximate surface area is 276 Å². The van der Waals surface area contributed by atoms with Crippen LogP contribution in [0.2, 0.25) is 5.02 Å². The van der Waals surface area contributed by atoms with Crippen LogP contribution in [-0.4, -0.2) is 29.0 Å². The number of ether oxygens (including phenoxy) is 1. The summed E-state index contributed by atoms with van der Waals surface area (Å²) >= 11 is 6.62. The van der Waals surface area contributed by atoms with Crippen LogP contribution in [0.3, 0.4) is 0 Å². The second-order valence-electron chi connectivity index (χ2n) is 14.5. The maximum absolute atomic E-state index is 14.3. The van der Waals surface area contributed by atoms with Crippen molar-refractivity contribution in [3.05, 3.63) is 117 Å². The molecule has 0 spiro atoms. The molecule has 0 radical (unpaired) electrons. The molecule has 238 valence electrons. The molecule has 1 amide bonds. The average molecular weight is 637 g/mol. The molecule has 1 aliphatic heterocycles. The fourth-order valence-electron chi connectivity index (χ4n) is 7.17. The predicted octanol–water partition coefficient (Wildman–Crippen LogP) is 8.55. The van der Waals surface area contributed by atoms with Crippen LogP contribution in [0, 0.1) is 17.8 Å². The number of hydrogen-bond acceptors (Lipinski definition) is 5. The van der Waals surface area contributed by atoms with Gasteiger partial charge in [0.15, 0.2) is 18.2 Å². The van der Waals surface area contributed by atoms with Gasteiger partial charge < -0.3 is 15.0 Å². The van der Waals surface area contributed by atoms with Crippen molar-refractivity contribution in [2.75, 3.05) is 11.9 Å². The van der Waals surface area contributed by atoms with Crippen LogP contribution < -0.4 is 10.1 Å². The summed E-state index contributed by atoms with van der Waals surface area (Å²) in [6.07, 6.45) is 2.13. The summed E-state index contributed by atoms with van der Waals surface area (Å²) in [4.78, 5) is 43.7. The van der Waals surface area contributed by atoms with Gasteiger partial charge in [0, 0.05) is 64.1 Å². The summed E-state index contributed by atoms with van der Waals surface area (Å²) < 4.78 is 6.19. The van der Waals surface area contributed by atoms with Gasteiger partial charge in [-0.2, -0.15) is 0 Å². The van der Waals surface area contributed by atoms with Crippen LogP contribution in [0.4, 0.5) is 5.69 Å². The molecule has 1 heterocycles. The third kappa shape index (κ3) is 6.54. The molecule has 0 aromatic heterocycles. The number of amides is 1. The van der Waals surface area contributed by atoms with E-state index in [1.54, 1.807) is 18.2 Å². The molecule has 0 atom stereocenters. The third-order valence-electron chi connectivity index (χ3n) is 9.18. The lowest BCUT2D eigenvalue weighted by atomic mass is 9.63. The largest absolute Gasteiger partial charge is 0.483 e. The highest BCUT2D eigenvalue weighted by Gasteiger charge is 2.49. The number of ketones is 2. The van der Waals surface area contributed by atoms with Crippen molar-refractivity contribution in [3.8, 4) is 5.75 Å². The molecule has 0 saturated carbocycles. The number of nitrogens with one attached hydrogen (secondary N) is 1. The molecule has 46 heavy (non-hydrogen) atoms. The molecule has 3 aromatic carbocycles. The van der Waals surface area contributed by atoms with Gasteiger partial charge in [0.2, 0.25) is 0 Å². The number of anilines is 1. The Morgan fingerprint density at radius 1 is 0.848 bits per heavy atom. The lowest BCUT2D eigenvalue weighted by Crippen LogP contribution is -2.44. The first kappa shape index (κ1) is 31.8. The zero-order valence-electron chi connectivity index (χ0n) is 27.2. The van der Waals surface area contributed by atoms with Crippen molar-refractivity contribution >= 4 is 34.8 Å². The third-order valence-corrected chi connectivity index (χ3v) is 9.42. The minimum Gasteiger partial charge on any atom is -0.483 e. The SMILES string of the molecule is Cc1ccc(NC(=O)COc2ccc(Cl)cc2C2C3=C(CC(C)(C)CC3=O)N(Cc3ccccc3)C3=C2C(=O)CC(C)(C)C3)cc1. The molecule has 0 saturated heterocycles. The Hall–Kier alpha value is -4.16. The topological polar surface area (TPSA) is 75.7 Å². The van der Waals surface area contributed by atoms with Crippen molar-refractivity contribution in [2.45, 2.75) is 72.8 Å². The predicted molar refractivity (Wildman–Crippen MR) is 182 cm³/mol. The minimum absolute atomic E-state index is 0.0292. The van der Waals surface area contributed by atoms with E-state index in [4.69, 9.17) is 16.3 Å². The lowest BCUT2D eigenvalue weighted by molar-refractivity contribution is -0.120. The Morgan fingerprint density at radius 2 is 1.43 bits per heavy atom. The number of aryl methyl sites for hydroxylation is 1. The van der Waals surface area contributed by atoms with Gasteiger partial charge in [0.1, 0.15) is 5.75 Å². The summed E-state index contributed by atoms with van der Waals surface area (Å²) in [7, 11) is 0. The lowest BCUT2D eigenvalue weighted by Gasteiger charge is -2.49. The van der Waals surface area contributed by atoms with Crippen molar-refractivity contribution < 1.29 is 19.1 Å². The van der Waals surface area contributed by atoms with Gasteiger partial charge in [0.05, 0.1) is 0 Å². The fraction of sp³-hybridized carbons (Fsp3) is 0.359. The van der Waals surface area contributed by atoms with Crippen LogP contribution in [0.15, 0.2) is 95.3 Å². The number of halogens is 1. The van der Waals surface area contributed by atoms with Crippen LogP contribution >= 0.6 is 11.6 Å². The summed E-state index contributed by atoms with van der Waals surface area (Å²) in [6.45, 7) is 10.8. The van der Waals surface area contributed by atoms with E-state index < -0.39 is 5.92 Å². The molecule has 6 rings (SSSR count). The van der Waals surface area contributed by atoms with E-state index >= 15 is 0 Å². The Kier molecular flexibility index (Phi) is 8.45. The van der Waals surface area contributed by atoms with Crippen LogP contribution in [0.25, 0.3) is 0 Å². The molecule has 0 bridgehead atoms. The van der Waals surface area contributed by atoms with E-state index in [1.807, 2.05) is 49.4 Å². The molecule has 3 aliphatic rings. The zero-order chi connectivity index (χ0) is 32.8. The highest BCUT2D eigenvalue weighted by Crippen LogP contribution is 2.56. The van der Waals surface area contributed by atoms with E-state index in [2.05, 4.69) is 50.0 Å². The van der Waals surface area contributed by atoms with E-state index in [1.165, 1.54) is 0 Å². The molecule has 1 N–H and O–H groups in total. The first-order valence-electron chi connectivity index (χ1n) is 15.9. The molecule has 6 nitrogen and oxygen atoms in total. The van der Waals surface area contributed by atoms with Crippen molar-refractivity contribution in [1.82, 2.24) is 4.90 Å². The van der Waals surface area contributed by atoms with Crippen LogP contribution in [-0.2, 0) is 20.9 Å². The number of nitrogens with zero attached hydrogens (tertiary/aromatic N) is 1. The number of Topliss-reactive ketones (excluding diaryl/α,β-unsaturated/α-hetero) is 2. The van der Waals surface area contributed by atoms with Crippen LogP contribution in [0.1, 0.15) is 76.0 Å². The van der Waals surface area contributed by atoms with E-state index in [-0.39, 0.29) is 34.9 Å². The summed E-state index contributed by atoms with van der Waals surface area (Å²) in [6, 6.07) is 23.0.